The standard InChI is InChI=1S/C21H27N3O2.ClH/c1-13-10-18(14(2)24(13)16-5-7-17(26-3)8-6-16)21(25)23-11-15-4-9-20(22)19(15)12-23;/h5-8,10,15,19-20H,4,9,11-12,22H2,1-3H3;1H. The molecule has 27 heavy (non-hydrogen) atoms. The van der Waals surface area contributed by atoms with E-state index in [4.69, 9.17) is 10.5 Å². The predicted octanol–water partition coefficient (Wildman–Crippen LogP) is 3.33. The number of amides is 1. The highest BCUT2D eigenvalue weighted by Gasteiger charge is 2.43. The minimum Gasteiger partial charge on any atom is -0.497 e. The Bertz CT molecular complexity index is 831. The van der Waals surface area contributed by atoms with Crippen molar-refractivity contribution < 1.29 is 9.53 Å². The number of carbonyl (C=O) groups excluding carboxylic acids is 1. The highest BCUT2D eigenvalue weighted by molar-refractivity contribution is 5.96. The summed E-state index contributed by atoms with van der Waals surface area (Å²) in [6.45, 7) is 5.72. The Morgan fingerprint density at radius 1 is 1.15 bits per heavy atom. The molecule has 4 rings (SSSR count). The van der Waals surface area contributed by atoms with Gasteiger partial charge in [-0.3, -0.25) is 4.79 Å². The van der Waals surface area contributed by atoms with Crippen LogP contribution in [0.3, 0.4) is 0 Å². The Hall–Kier alpha value is -1.98. The van der Waals surface area contributed by atoms with Gasteiger partial charge in [-0.1, -0.05) is 0 Å². The summed E-state index contributed by atoms with van der Waals surface area (Å²) in [5.41, 5.74) is 10.1. The minimum atomic E-state index is 0. The van der Waals surface area contributed by atoms with E-state index < -0.39 is 0 Å². The van der Waals surface area contributed by atoms with Crippen LogP contribution < -0.4 is 10.5 Å². The molecule has 3 atom stereocenters. The molecule has 1 saturated carbocycles. The number of benzene rings is 1. The van der Waals surface area contributed by atoms with Crippen LogP contribution in [0.1, 0.15) is 34.6 Å². The molecule has 2 aromatic rings. The van der Waals surface area contributed by atoms with Gasteiger partial charge in [0.2, 0.25) is 0 Å². The molecule has 6 heteroatoms. The van der Waals surface area contributed by atoms with Crippen molar-refractivity contribution in [3.05, 3.63) is 47.3 Å². The fraction of sp³-hybridized carbons (Fsp3) is 0.476. The van der Waals surface area contributed by atoms with Gasteiger partial charge in [-0.2, -0.15) is 0 Å². The lowest BCUT2D eigenvalue weighted by molar-refractivity contribution is 0.0779. The van der Waals surface area contributed by atoms with Crippen molar-refractivity contribution in [1.82, 2.24) is 9.47 Å². The predicted molar refractivity (Wildman–Crippen MR) is 109 cm³/mol. The zero-order chi connectivity index (χ0) is 18.4. The maximum absolute atomic E-state index is 13.2. The Morgan fingerprint density at radius 3 is 2.48 bits per heavy atom. The molecule has 1 aromatic heterocycles. The fourth-order valence-corrected chi connectivity index (χ4v) is 4.75. The lowest BCUT2D eigenvalue weighted by Gasteiger charge is -2.19. The molecule has 3 unspecified atom stereocenters. The molecule has 0 bridgehead atoms. The molecule has 2 heterocycles. The minimum absolute atomic E-state index is 0. The molecule has 0 spiro atoms. The molecule has 2 fully saturated rings. The van der Waals surface area contributed by atoms with Crippen molar-refractivity contribution in [2.75, 3.05) is 20.2 Å². The zero-order valence-electron chi connectivity index (χ0n) is 16.1. The third kappa shape index (κ3) is 3.34. The van der Waals surface area contributed by atoms with E-state index in [1.54, 1.807) is 7.11 Å². The van der Waals surface area contributed by atoms with E-state index in [-0.39, 0.29) is 24.4 Å². The van der Waals surface area contributed by atoms with Crippen molar-refractivity contribution >= 4 is 18.3 Å². The van der Waals surface area contributed by atoms with Gasteiger partial charge in [0, 0.05) is 36.2 Å². The molecule has 1 aromatic carbocycles. The summed E-state index contributed by atoms with van der Waals surface area (Å²) in [7, 11) is 1.66. The number of fused-ring (bicyclic) bond motifs is 1. The number of hydrogen-bond donors (Lipinski definition) is 1. The first-order valence-corrected chi connectivity index (χ1v) is 9.38. The van der Waals surface area contributed by atoms with Crippen molar-refractivity contribution in [2.24, 2.45) is 17.6 Å². The first-order valence-electron chi connectivity index (χ1n) is 9.38. The molecule has 0 radical (unpaired) electrons. The highest BCUT2D eigenvalue weighted by Crippen LogP contribution is 2.38. The van der Waals surface area contributed by atoms with Gasteiger partial charge in [0.25, 0.3) is 5.91 Å². The Balaban J connectivity index is 0.00000210. The quantitative estimate of drug-likeness (QED) is 0.875. The average molecular weight is 390 g/mol. The average Bonchev–Trinajstić information content (AvgIpc) is 3.30. The normalized spacial score (nSPS) is 23.9. The van der Waals surface area contributed by atoms with Gasteiger partial charge in [-0.05, 0) is 68.9 Å². The number of nitrogens with zero attached hydrogens (tertiary/aromatic N) is 2. The Kier molecular flexibility index (Phi) is 5.54. The van der Waals surface area contributed by atoms with Gasteiger partial charge in [0.05, 0.1) is 12.7 Å². The van der Waals surface area contributed by atoms with E-state index in [0.29, 0.717) is 11.8 Å². The van der Waals surface area contributed by atoms with Crippen LogP contribution in [0.25, 0.3) is 5.69 Å². The first kappa shape index (κ1) is 19.8. The number of rotatable bonds is 3. The van der Waals surface area contributed by atoms with Gasteiger partial charge >= 0.3 is 0 Å². The number of halogens is 1. The maximum atomic E-state index is 13.2. The largest absolute Gasteiger partial charge is 0.497 e. The van der Waals surface area contributed by atoms with Crippen molar-refractivity contribution in [3.63, 3.8) is 0 Å². The Morgan fingerprint density at radius 2 is 1.85 bits per heavy atom. The maximum Gasteiger partial charge on any atom is 0.255 e. The molecule has 5 nitrogen and oxygen atoms in total. The topological polar surface area (TPSA) is 60.5 Å². The van der Waals surface area contributed by atoms with Gasteiger partial charge in [-0.15, -0.1) is 12.4 Å². The van der Waals surface area contributed by atoms with Gasteiger partial charge in [-0.25, -0.2) is 0 Å². The second kappa shape index (κ2) is 7.56. The van der Waals surface area contributed by atoms with Gasteiger partial charge < -0.3 is 19.9 Å². The van der Waals surface area contributed by atoms with E-state index in [9.17, 15) is 4.79 Å². The molecule has 2 N–H and O–H groups in total. The van der Waals surface area contributed by atoms with E-state index >= 15 is 0 Å². The van der Waals surface area contributed by atoms with Gasteiger partial charge in [0.1, 0.15) is 5.75 Å². The number of aromatic nitrogens is 1. The van der Waals surface area contributed by atoms with Crippen LogP contribution in [-0.2, 0) is 0 Å². The zero-order valence-corrected chi connectivity index (χ0v) is 17.0. The smallest absolute Gasteiger partial charge is 0.255 e. The number of likely N-dealkylation sites (tertiary alicyclic amines) is 1. The number of nitrogens with two attached hydrogens (primary N) is 1. The van der Waals surface area contributed by atoms with Crippen LogP contribution in [0.4, 0.5) is 0 Å². The van der Waals surface area contributed by atoms with Crippen molar-refractivity contribution in [1.29, 1.82) is 0 Å². The second-order valence-electron chi connectivity index (χ2n) is 7.69. The van der Waals surface area contributed by atoms with Crippen LogP contribution in [-0.4, -0.2) is 41.6 Å². The van der Waals surface area contributed by atoms with Crippen LogP contribution in [0.15, 0.2) is 30.3 Å². The summed E-state index contributed by atoms with van der Waals surface area (Å²) in [5.74, 6) is 2.02. The molecular weight excluding hydrogens is 362 g/mol. The SMILES string of the molecule is COc1ccc(-n2c(C)cc(C(=O)N3CC4CCC(N)C4C3)c2C)cc1.Cl. The molecule has 1 aliphatic carbocycles. The molecule has 1 amide bonds. The van der Waals surface area contributed by atoms with E-state index in [2.05, 4.69) is 4.57 Å². The van der Waals surface area contributed by atoms with Crippen LogP contribution in [0.5, 0.6) is 5.75 Å². The lowest BCUT2D eigenvalue weighted by atomic mass is 9.98. The third-order valence-corrected chi connectivity index (χ3v) is 6.19. The Labute approximate surface area is 166 Å². The first-order chi connectivity index (χ1) is 12.5. The van der Waals surface area contributed by atoms with Crippen molar-refractivity contribution in [2.45, 2.75) is 32.7 Å². The van der Waals surface area contributed by atoms with E-state index in [1.807, 2.05) is 49.1 Å². The molecule has 1 saturated heterocycles. The second-order valence-corrected chi connectivity index (χ2v) is 7.69. The van der Waals surface area contributed by atoms with Gasteiger partial charge in [0.15, 0.2) is 0 Å². The number of carbonyl (C=O) groups is 1. The molecule has 2 aliphatic rings. The van der Waals surface area contributed by atoms with Crippen LogP contribution >= 0.6 is 12.4 Å². The monoisotopic (exact) mass is 389 g/mol. The summed E-state index contributed by atoms with van der Waals surface area (Å²) in [4.78, 5) is 15.2. The summed E-state index contributed by atoms with van der Waals surface area (Å²) >= 11 is 0. The van der Waals surface area contributed by atoms with Crippen molar-refractivity contribution in [3.8, 4) is 11.4 Å². The van der Waals surface area contributed by atoms with E-state index in [1.165, 1.54) is 0 Å². The molecule has 146 valence electrons. The number of ether oxygens (including phenoxy) is 1. The van der Waals surface area contributed by atoms with Crippen LogP contribution in [0, 0.1) is 25.7 Å². The summed E-state index contributed by atoms with van der Waals surface area (Å²) in [6.07, 6.45) is 2.25. The molecule has 1 aliphatic heterocycles. The number of methoxy groups -OCH3 is 1. The van der Waals surface area contributed by atoms with Crippen LogP contribution in [0.2, 0.25) is 0 Å². The molecular formula is C21H28ClN3O2. The summed E-state index contributed by atoms with van der Waals surface area (Å²) < 4.78 is 7.38. The highest BCUT2D eigenvalue weighted by atomic mass is 35.5. The van der Waals surface area contributed by atoms with E-state index in [0.717, 1.165) is 54.3 Å². The summed E-state index contributed by atoms with van der Waals surface area (Å²) in [6, 6.07) is 10.2. The summed E-state index contributed by atoms with van der Waals surface area (Å²) in [5, 5.41) is 0. The number of aryl methyl sites for hydroxylation is 1. The fourth-order valence-electron chi connectivity index (χ4n) is 4.75. The number of hydrogen-bond acceptors (Lipinski definition) is 3. The lowest BCUT2D eigenvalue weighted by Crippen LogP contribution is -2.33. The third-order valence-electron chi connectivity index (χ3n) is 6.19.